The van der Waals surface area contributed by atoms with Crippen LogP contribution in [0.15, 0.2) is 12.1 Å². The van der Waals surface area contributed by atoms with E-state index in [9.17, 15) is 0 Å². The molecule has 0 spiro atoms. The Balaban J connectivity index is 0.000000612. The van der Waals surface area contributed by atoms with Crippen molar-refractivity contribution < 1.29 is 29.3 Å². The third kappa shape index (κ3) is 11.3. The van der Waals surface area contributed by atoms with E-state index >= 15 is 0 Å². The van der Waals surface area contributed by atoms with Gasteiger partial charge in [0.1, 0.15) is 5.75 Å². The van der Waals surface area contributed by atoms with E-state index in [0.717, 1.165) is 70.1 Å². The molecule has 8 nitrogen and oxygen atoms in total. The van der Waals surface area contributed by atoms with Gasteiger partial charge in [0.05, 0.1) is 24.8 Å². The predicted octanol–water partition coefficient (Wildman–Crippen LogP) is 2.54. The number of halogens is 2. The highest BCUT2D eigenvalue weighted by molar-refractivity contribution is 6.35. The number of carboxylic acid groups (broad SMARTS) is 2. The van der Waals surface area contributed by atoms with Gasteiger partial charge in [-0.25, -0.2) is 9.59 Å². The maximum atomic E-state index is 9.10. The van der Waals surface area contributed by atoms with Crippen LogP contribution in [0.1, 0.15) is 18.4 Å². The molecule has 1 fully saturated rings. The third-order valence-electron chi connectivity index (χ3n) is 4.08. The number of carbonyl (C=O) groups is 2. The van der Waals surface area contributed by atoms with Crippen LogP contribution in [-0.2, 0) is 14.3 Å². The Hall–Kier alpha value is -1.58. The predicted molar refractivity (Wildman–Crippen MR) is 111 cm³/mol. The van der Waals surface area contributed by atoms with E-state index in [1.165, 1.54) is 0 Å². The molecule has 1 heterocycles. The summed E-state index contributed by atoms with van der Waals surface area (Å²) >= 11 is 12.1. The quantitative estimate of drug-likeness (QED) is 0.388. The zero-order valence-electron chi connectivity index (χ0n) is 16.5. The van der Waals surface area contributed by atoms with Crippen LogP contribution in [0.25, 0.3) is 0 Å². The van der Waals surface area contributed by atoms with Gasteiger partial charge in [-0.1, -0.05) is 23.2 Å². The first-order chi connectivity index (χ1) is 13.8. The number of rotatable bonds is 9. The van der Waals surface area contributed by atoms with Crippen LogP contribution in [0.3, 0.4) is 0 Å². The summed E-state index contributed by atoms with van der Waals surface area (Å²) in [5.74, 6) is -2.90. The van der Waals surface area contributed by atoms with Gasteiger partial charge in [0.2, 0.25) is 0 Å². The summed E-state index contributed by atoms with van der Waals surface area (Å²) in [5, 5.41) is 19.5. The lowest BCUT2D eigenvalue weighted by atomic mass is 10.2. The Morgan fingerprint density at radius 3 is 2.38 bits per heavy atom. The second-order valence-electron chi connectivity index (χ2n) is 6.40. The largest absolute Gasteiger partial charge is 0.492 e. The summed E-state index contributed by atoms with van der Waals surface area (Å²) < 4.78 is 11.1. The molecule has 0 atom stereocenters. The normalized spacial score (nSPS) is 14.0. The minimum absolute atomic E-state index is 0.582. The average molecular weight is 451 g/mol. The maximum absolute atomic E-state index is 9.10. The molecule has 3 N–H and O–H groups in total. The van der Waals surface area contributed by atoms with E-state index in [4.69, 9.17) is 52.5 Å². The van der Waals surface area contributed by atoms with Crippen LogP contribution in [0.4, 0.5) is 0 Å². The van der Waals surface area contributed by atoms with Crippen molar-refractivity contribution in [2.24, 2.45) is 0 Å². The third-order valence-corrected chi connectivity index (χ3v) is 4.58. The first-order valence-electron chi connectivity index (χ1n) is 9.36. The van der Waals surface area contributed by atoms with Crippen molar-refractivity contribution in [1.29, 1.82) is 0 Å². The highest BCUT2D eigenvalue weighted by atomic mass is 35.5. The summed E-state index contributed by atoms with van der Waals surface area (Å²) in [6.07, 6.45) is 2.09. The maximum Gasteiger partial charge on any atom is 0.414 e. The van der Waals surface area contributed by atoms with Crippen molar-refractivity contribution in [2.75, 3.05) is 52.5 Å². The average Bonchev–Trinajstić information content (AvgIpc) is 2.66. The Morgan fingerprint density at radius 2 is 1.79 bits per heavy atom. The number of nitrogens with zero attached hydrogens (tertiary/aromatic N) is 1. The molecular weight excluding hydrogens is 423 g/mol. The van der Waals surface area contributed by atoms with Crippen LogP contribution < -0.4 is 10.1 Å². The summed E-state index contributed by atoms with van der Waals surface area (Å²) in [7, 11) is 0. The van der Waals surface area contributed by atoms with Gasteiger partial charge in [0, 0.05) is 31.2 Å². The van der Waals surface area contributed by atoms with Gasteiger partial charge in [-0.3, -0.25) is 4.90 Å². The molecule has 0 radical (unpaired) electrons. The molecule has 29 heavy (non-hydrogen) atoms. The number of ether oxygens (including phenoxy) is 2. The smallest absolute Gasteiger partial charge is 0.414 e. The van der Waals surface area contributed by atoms with E-state index in [0.29, 0.717) is 16.7 Å². The Kier molecular flexibility index (Phi) is 12.6. The van der Waals surface area contributed by atoms with Crippen LogP contribution in [0.2, 0.25) is 10.0 Å². The van der Waals surface area contributed by atoms with Crippen molar-refractivity contribution in [3.63, 3.8) is 0 Å². The lowest BCUT2D eigenvalue weighted by Crippen LogP contribution is -2.40. The molecule has 1 aliphatic rings. The zero-order chi connectivity index (χ0) is 21.6. The fourth-order valence-corrected chi connectivity index (χ4v) is 3.23. The topological polar surface area (TPSA) is 108 Å². The number of unbranched alkanes of at least 4 members (excludes halogenated alkanes) is 1. The molecule has 2 rings (SSSR count). The lowest BCUT2D eigenvalue weighted by Gasteiger charge is -2.26. The van der Waals surface area contributed by atoms with Crippen LogP contribution in [-0.4, -0.2) is 79.6 Å². The summed E-state index contributed by atoms with van der Waals surface area (Å²) in [4.78, 5) is 20.6. The highest BCUT2D eigenvalue weighted by Crippen LogP contribution is 2.31. The van der Waals surface area contributed by atoms with Crippen molar-refractivity contribution in [3.8, 4) is 5.75 Å². The van der Waals surface area contributed by atoms with Crippen molar-refractivity contribution in [1.82, 2.24) is 10.2 Å². The summed E-state index contributed by atoms with van der Waals surface area (Å²) in [6, 6.07) is 3.59. The van der Waals surface area contributed by atoms with E-state index in [-0.39, 0.29) is 0 Å². The number of hydrogen-bond acceptors (Lipinski definition) is 6. The molecule has 0 saturated carbocycles. The van der Waals surface area contributed by atoms with E-state index < -0.39 is 11.9 Å². The molecule has 164 valence electrons. The van der Waals surface area contributed by atoms with E-state index in [1.807, 2.05) is 13.0 Å². The van der Waals surface area contributed by atoms with Crippen LogP contribution in [0.5, 0.6) is 5.75 Å². The molecular formula is C19H28Cl2N2O6. The van der Waals surface area contributed by atoms with E-state index in [1.54, 1.807) is 6.07 Å². The highest BCUT2D eigenvalue weighted by Gasteiger charge is 2.09. The molecule has 0 unspecified atom stereocenters. The number of morpholine rings is 1. The second kappa shape index (κ2) is 14.4. The van der Waals surface area contributed by atoms with Gasteiger partial charge < -0.3 is 25.0 Å². The first kappa shape index (κ1) is 25.5. The first-order valence-corrected chi connectivity index (χ1v) is 10.1. The fraction of sp³-hybridized carbons (Fsp3) is 0.579. The SMILES string of the molecule is Cc1cc(Cl)cc(Cl)c1OCCCCNCCN1CCOCC1.O=C(O)C(=O)O. The summed E-state index contributed by atoms with van der Waals surface area (Å²) in [5.41, 5.74) is 0.978. The van der Waals surface area contributed by atoms with Crippen molar-refractivity contribution >= 4 is 35.1 Å². The number of benzene rings is 1. The molecule has 1 aromatic carbocycles. The van der Waals surface area contributed by atoms with E-state index in [2.05, 4.69) is 10.2 Å². The Bertz CT molecular complexity index is 619. The lowest BCUT2D eigenvalue weighted by molar-refractivity contribution is -0.159. The number of aliphatic carboxylic acids is 2. The van der Waals surface area contributed by atoms with Gasteiger partial charge in [0.15, 0.2) is 0 Å². The number of hydrogen-bond donors (Lipinski definition) is 3. The Labute approximate surface area is 180 Å². The van der Waals surface area contributed by atoms with Gasteiger partial charge >= 0.3 is 11.9 Å². The van der Waals surface area contributed by atoms with Crippen LogP contribution in [0, 0.1) is 6.92 Å². The number of aryl methyl sites for hydroxylation is 1. The molecule has 0 bridgehead atoms. The van der Waals surface area contributed by atoms with Crippen molar-refractivity contribution in [3.05, 3.63) is 27.7 Å². The monoisotopic (exact) mass is 450 g/mol. The number of nitrogens with one attached hydrogen (secondary N) is 1. The molecule has 1 aliphatic heterocycles. The van der Waals surface area contributed by atoms with Crippen molar-refractivity contribution in [2.45, 2.75) is 19.8 Å². The molecule has 0 aliphatic carbocycles. The molecule has 1 aromatic rings. The Morgan fingerprint density at radius 1 is 1.14 bits per heavy atom. The molecule has 1 saturated heterocycles. The second-order valence-corrected chi connectivity index (χ2v) is 7.25. The zero-order valence-corrected chi connectivity index (χ0v) is 18.0. The van der Waals surface area contributed by atoms with Crippen LogP contribution >= 0.6 is 23.2 Å². The van der Waals surface area contributed by atoms with Gasteiger partial charge in [-0.15, -0.1) is 0 Å². The standard InChI is InChI=1S/C17H26Cl2N2O2.C2H2O4/c1-14-12-15(18)13-16(19)17(14)23-9-3-2-4-20-5-6-21-7-10-22-11-8-21;3-1(4)2(5)6/h12-13,20H,2-11H2,1H3;(H,3,4)(H,5,6). The van der Waals surface area contributed by atoms with Gasteiger partial charge in [0.25, 0.3) is 0 Å². The summed E-state index contributed by atoms with van der Waals surface area (Å²) in [6.45, 7) is 9.61. The van der Waals surface area contributed by atoms with Gasteiger partial charge in [-0.05, 0) is 44.0 Å². The molecule has 10 heteroatoms. The fourth-order valence-electron chi connectivity index (χ4n) is 2.59. The molecule has 0 aromatic heterocycles. The minimum atomic E-state index is -1.82. The number of carboxylic acids is 2. The van der Waals surface area contributed by atoms with Gasteiger partial charge in [-0.2, -0.15) is 0 Å². The minimum Gasteiger partial charge on any atom is -0.492 e. The molecule has 0 amide bonds.